The molecule has 15 heavy (non-hydrogen) atoms. The van der Waals surface area contributed by atoms with Crippen LogP contribution in [0.4, 0.5) is 0 Å². The standard InChI is InChI=1S/C9H21NO4S/c1-4-8(6-5-7-10)9(2,3)14-15(11,12)13/h8H,4-7,10H2,1-3H3,(H,11,12,13). The van der Waals surface area contributed by atoms with Crippen LogP contribution in [0.1, 0.15) is 40.0 Å². The van der Waals surface area contributed by atoms with Gasteiger partial charge in [-0.3, -0.25) is 4.55 Å². The summed E-state index contributed by atoms with van der Waals surface area (Å²) in [5, 5.41) is 0. The van der Waals surface area contributed by atoms with E-state index in [0.29, 0.717) is 6.54 Å². The monoisotopic (exact) mass is 239 g/mol. The van der Waals surface area contributed by atoms with Crippen molar-refractivity contribution in [3.05, 3.63) is 0 Å². The van der Waals surface area contributed by atoms with E-state index >= 15 is 0 Å². The molecule has 0 aromatic carbocycles. The average Bonchev–Trinajstić information content (AvgIpc) is 2.00. The fourth-order valence-corrected chi connectivity index (χ4v) is 2.43. The Morgan fingerprint density at radius 3 is 2.33 bits per heavy atom. The maximum atomic E-state index is 10.6. The first kappa shape index (κ1) is 14.8. The molecule has 0 radical (unpaired) electrons. The van der Waals surface area contributed by atoms with Crippen LogP contribution >= 0.6 is 0 Å². The summed E-state index contributed by atoms with van der Waals surface area (Å²) in [4.78, 5) is 0. The molecule has 0 saturated heterocycles. The van der Waals surface area contributed by atoms with Crippen LogP contribution < -0.4 is 5.73 Å². The zero-order chi connectivity index (χ0) is 12.1. The van der Waals surface area contributed by atoms with Gasteiger partial charge in [0.1, 0.15) is 0 Å². The first-order chi connectivity index (χ1) is 6.73. The van der Waals surface area contributed by atoms with Crippen LogP contribution in [0.25, 0.3) is 0 Å². The molecule has 0 aromatic rings. The molecule has 0 aromatic heterocycles. The van der Waals surface area contributed by atoms with Gasteiger partial charge in [0.15, 0.2) is 0 Å². The molecular weight excluding hydrogens is 218 g/mol. The van der Waals surface area contributed by atoms with E-state index in [2.05, 4.69) is 4.18 Å². The van der Waals surface area contributed by atoms with Crippen LogP contribution in [0.3, 0.4) is 0 Å². The molecule has 6 heteroatoms. The topological polar surface area (TPSA) is 89.6 Å². The Hall–Kier alpha value is -0.170. The molecule has 1 unspecified atom stereocenters. The molecule has 5 nitrogen and oxygen atoms in total. The van der Waals surface area contributed by atoms with Gasteiger partial charge in [-0.2, -0.15) is 8.42 Å². The molecular formula is C9H21NO4S. The molecule has 0 saturated carbocycles. The van der Waals surface area contributed by atoms with Gasteiger partial charge in [-0.1, -0.05) is 13.3 Å². The first-order valence-electron chi connectivity index (χ1n) is 5.11. The number of nitrogens with two attached hydrogens (primary N) is 1. The van der Waals surface area contributed by atoms with Gasteiger partial charge in [0.25, 0.3) is 0 Å². The Kier molecular flexibility index (Phi) is 5.72. The molecule has 0 bridgehead atoms. The average molecular weight is 239 g/mol. The fraction of sp³-hybridized carbons (Fsp3) is 1.00. The lowest BCUT2D eigenvalue weighted by Crippen LogP contribution is -2.36. The van der Waals surface area contributed by atoms with Gasteiger partial charge in [0, 0.05) is 0 Å². The van der Waals surface area contributed by atoms with Crippen LogP contribution in [0.5, 0.6) is 0 Å². The summed E-state index contributed by atoms with van der Waals surface area (Å²) in [7, 11) is -4.39. The minimum absolute atomic E-state index is 0.0583. The Balaban J connectivity index is 4.50. The zero-order valence-corrected chi connectivity index (χ0v) is 10.4. The van der Waals surface area contributed by atoms with Crippen LogP contribution in [0.15, 0.2) is 0 Å². The Morgan fingerprint density at radius 1 is 1.47 bits per heavy atom. The molecule has 3 N–H and O–H groups in total. The smallest absolute Gasteiger partial charge is 0.330 e. The van der Waals surface area contributed by atoms with Gasteiger partial charge in [-0.15, -0.1) is 0 Å². The van der Waals surface area contributed by atoms with Crippen LogP contribution in [0.2, 0.25) is 0 Å². The second-order valence-electron chi connectivity index (χ2n) is 4.15. The summed E-state index contributed by atoms with van der Waals surface area (Å²) < 4.78 is 34.6. The van der Waals surface area contributed by atoms with Gasteiger partial charge >= 0.3 is 10.4 Å². The molecule has 0 heterocycles. The molecule has 0 spiro atoms. The van der Waals surface area contributed by atoms with E-state index in [4.69, 9.17) is 10.3 Å². The van der Waals surface area contributed by atoms with Crippen molar-refractivity contribution in [2.45, 2.75) is 45.6 Å². The highest BCUT2D eigenvalue weighted by Gasteiger charge is 2.33. The van der Waals surface area contributed by atoms with Crippen LogP contribution in [-0.2, 0) is 14.6 Å². The lowest BCUT2D eigenvalue weighted by molar-refractivity contribution is 0.0320. The van der Waals surface area contributed by atoms with E-state index in [1.54, 1.807) is 13.8 Å². The van der Waals surface area contributed by atoms with Crippen molar-refractivity contribution >= 4 is 10.4 Å². The largest absolute Gasteiger partial charge is 0.397 e. The van der Waals surface area contributed by atoms with E-state index < -0.39 is 16.0 Å². The quantitative estimate of drug-likeness (QED) is 0.654. The van der Waals surface area contributed by atoms with Gasteiger partial charge in [-0.25, -0.2) is 4.18 Å². The summed E-state index contributed by atoms with van der Waals surface area (Å²) in [5.41, 5.74) is 4.50. The Bertz CT molecular complexity index is 274. The van der Waals surface area contributed by atoms with Crippen molar-refractivity contribution < 1.29 is 17.2 Å². The summed E-state index contributed by atoms with van der Waals surface area (Å²) in [6.07, 6.45) is 2.38. The van der Waals surface area contributed by atoms with Crippen molar-refractivity contribution in [2.24, 2.45) is 11.7 Å². The van der Waals surface area contributed by atoms with E-state index in [9.17, 15) is 8.42 Å². The maximum absolute atomic E-state index is 10.6. The molecule has 0 aliphatic heterocycles. The van der Waals surface area contributed by atoms with E-state index in [1.165, 1.54) is 0 Å². The van der Waals surface area contributed by atoms with Gasteiger partial charge < -0.3 is 5.73 Å². The zero-order valence-electron chi connectivity index (χ0n) is 9.56. The first-order valence-corrected chi connectivity index (χ1v) is 6.47. The minimum Gasteiger partial charge on any atom is -0.330 e. The highest BCUT2D eigenvalue weighted by molar-refractivity contribution is 7.80. The third kappa shape index (κ3) is 6.09. The van der Waals surface area contributed by atoms with Gasteiger partial charge in [-0.05, 0) is 39.2 Å². The fourth-order valence-electron chi connectivity index (χ4n) is 1.75. The predicted octanol–water partition coefficient (Wildman–Crippen LogP) is 1.35. The molecule has 0 amide bonds. The predicted molar refractivity (Wildman–Crippen MR) is 58.8 cm³/mol. The Morgan fingerprint density at radius 2 is 2.00 bits per heavy atom. The third-order valence-electron chi connectivity index (χ3n) is 2.55. The van der Waals surface area contributed by atoms with Gasteiger partial charge in [0.05, 0.1) is 5.60 Å². The third-order valence-corrected chi connectivity index (χ3v) is 3.19. The van der Waals surface area contributed by atoms with Gasteiger partial charge in [0.2, 0.25) is 0 Å². The molecule has 0 rings (SSSR count). The molecule has 1 atom stereocenters. The minimum atomic E-state index is -4.39. The second kappa shape index (κ2) is 5.79. The second-order valence-corrected chi connectivity index (χ2v) is 5.17. The van der Waals surface area contributed by atoms with Crippen LogP contribution in [-0.4, -0.2) is 25.1 Å². The number of rotatable bonds is 7. The van der Waals surface area contributed by atoms with Crippen molar-refractivity contribution in [3.63, 3.8) is 0 Å². The lowest BCUT2D eigenvalue weighted by Gasteiger charge is -2.31. The lowest BCUT2D eigenvalue weighted by atomic mass is 9.85. The van der Waals surface area contributed by atoms with Crippen LogP contribution in [0, 0.1) is 5.92 Å². The van der Waals surface area contributed by atoms with E-state index in [0.717, 1.165) is 19.3 Å². The summed E-state index contributed by atoms with van der Waals surface area (Å²) in [6.45, 7) is 5.84. The maximum Gasteiger partial charge on any atom is 0.397 e. The molecule has 0 aliphatic rings. The normalized spacial score (nSPS) is 15.3. The van der Waals surface area contributed by atoms with Crippen molar-refractivity contribution in [1.29, 1.82) is 0 Å². The molecule has 0 fully saturated rings. The van der Waals surface area contributed by atoms with E-state index in [-0.39, 0.29) is 5.92 Å². The highest BCUT2D eigenvalue weighted by atomic mass is 32.3. The van der Waals surface area contributed by atoms with Crippen molar-refractivity contribution in [1.82, 2.24) is 0 Å². The number of hydrogen-bond donors (Lipinski definition) is 2. The summed E-state index contributed by atoms with van der Waals surface area (Å²) in [6, 6.07) is 0. The Labute approximate surface area is 91.9 Å². The van der Waals surface area contributed by atoms with Crippen molar-refractivity contribution in [2.75, 3.05) is 6.54 Å². The SMILES string of the molecule is CCC(CCCN)C(C)(C)OS(=O)(=O)O. The number of hydrogen-bond acceptors (Lipinski definition) is 4. The summed E-state index contributed by atoms with van der Waals surface area (Å²) in [5.74, 6) is 0.0583. The van der Waals surface area contributed by atoms with E-state index in [1.807, 2.05) is 6.92 Å². The highest BCUT2D eigenvalue weighted by Crippen LogP contribution is 2.29. The molecule has 92 valence electrons. The van der Waals surface area contributed by atoms with Crippen molar-refractivity contribution in [3.8, 4) is 0 Å². The summed E-state index contributed by atoms with van der Waals surface area (Å²) >= 11 is 0. The molecule has 0 aliphatic carbocycles.